The Morgan fingerprint density at radius 3 is 2.12 bits per heavy atom. The van der Waals surface area contributed by atoms with Crippen LogP contribution in [0.3, 0.4) is 0 Å². The molecule has 0 unspecified atom stereocenters. The zero-order valence-electron chi connectivity index (χ0n) is 17.1. The van der Waals surface area contributed by atoms with Gasteiger partial charge in [0.05, 0.1) is 22.7 Å². The van der Waals surface area contributed by atoms with E-state index in [9.17, 15) is 26.4 Å². The third-order valence-corrected chi connectivity index (χ3v) is 6.49. The van der Waals surface area contributed by atoms with Crippen LogP contribution in [0, 0.1) is 6.92 Å². The molecule has 0 aromatic heterocycles. The van der Waals surface area contributed by atoms with Crippen LogP contribution in [0.25, 0.3) is 0 Å². The van der Waals surface area contributed by atoms with E-state index in [1.54, 1.807) is 42.5 Å². The van der Waals surface area contributed by atoms with E-state index in [-0.39, 0.29) is 11.4 Å². The summed E-state index contributed by atoms with van der Waals surface area (Å²) in [6.45, 7) is 1.03. The van der Waals surface area contributed by atoms with Gasteiger partial charge in [-0.3, -0.25) is 4.79 Å². The smallest absolute Gasteiger partial charge is 0.324 e. The van der Waals surface area contributed by atoms with Crippen LogP contribution in [0.1, 0.15) is 16.7 Å². The first-order valence-electron chi connectivity index (χ1n) is 9.64. The van der Waals surface area contributed by atoms with Crippen molar-refractivity contribution in [2.45, 2.75) is 24.5 Å². The molecule has 1 amide bonds. The summed E-state index contributed by atoms with van der Waals surface area (Å²) in [6.07, 6.45) is -4.67. The van der Waals surface area contributed by atoms with Crippen molar-refractivity contribution in [2.24, 2.45) is 0 Å². The summed E-state index contributed by atoms with van der Waals surface area (Å²) in [5.74, 6) is -0.881. The number of aryl methyl sites for hydroxylation is 1. The number of sulfonamides is 1. The van der Waals surface area contributed by atoms with Crippen LogP contribution in [0.5, 0.6) is 0 Å². The molecule has 9 heteroatoms. The number of rotatable bonds is 7. The van der Waals surface area contributed by atoms with Gasteiger partial charge >= 0.3 is 6.18 Å². The molecule has 0 radical (unpaired) electrons. The van der Waals surface area contributed by atoms with Crippen molar-refractivity contribution >= 4 is 21.6 Å². The van der Waals surface area contributed by atoms with E-state index < -0.39 is 39.9 Å². The lowest BCUT2D eigenvalue weighted by molar-refractivity contribution is -0.137. The largest absolute Gasteiger partial charge is 0.418 e. The highest BCUT2D eigenvalue weighted by Gasteiger charge is 2.34. The van der Waals surface area contributed by atoms with Crippen LogP contribution in [0.15, 0.2) is 83.8 Å². The first-order valence-corrected chi connectivity index (χ1v) is 11.1. The number of benzene rings is 3. The fourth-order valence-electron chi connectivity index (χ4n) is 3.06. The van der Waals surface area contributed by atoms with Gasteiger partial charge in [0.1, 0.15) is 0 Å². The van der Waals surface area contributed by atoms with Gasteiger partial charge in [0, 0.05) is 6.54 Å². The normalized spacial score (nSPS) is 12.0. The van der Waals surface area contributed by atoms with Gasteiger partial charge in [-0.1, -0.05) is 60.2 Å². The minimum Gasteiger partial charge on any atom is -0.324 e. The molecule has 0 atom stereocenters. The number of nitrogens with zero attached hydrogens (tertiary/aromatic N) is 1. The third-order valence-electron chi connectivity index (χ3n) is 4.69. The molecule has 0 fully saturated rings. The van der Waals surface area contributed by atoms with Gasteiger partial charge in [-0.05, 0) is 36.8 Å². The molecule has 0 heterocycles. The predicted molar refractivity (Wildman–Crippen MR) is 115 cm³/mol. The van der Waals surface area contributed by atoms with Crippen LogP contribution in [0.2, 0.25) is 0 Å². The van der Waals surface area contributed by atoms with E-state index in [0.717, 1.165) is 22.0 Å². The Balaban J connectivity index is 1.89. The molecule has 1 N–H and O–H groups in total. The summed E-state index contributed by atoms with van der Waals surface area (Å²) >= 11 is 0. The molecule has 0 aliphatic carbocycles. The molecule has 0 bridgehead atoms. The standard InChI is InChI=1S/C23H21F3N2O3S/c1-17-11-13-19(14-12-17)32(30,31)28(15-18-7-3-2-4-8-18)16-22(29)27-21-10-6-5-9-20(21)23(24,25)26/h2-14H,15-16H2,1H3,(H,27,29). The molecule has 32 heavy (non-hydrogen) atoms. The van der Waals surface area contributed by atoms with Gasteiger partial charge in [0.15, 0.2) is 0 Å². The highest BCUT2D eigenvalue weighted by molar-refractivity contribution is 7.89. The maximum atomic E-state index is 13.2. The van der Waals surface area contributed by atoms with Crippen molar-refractivity contribution in [1.82, 2.24) is 4.31 Å². The number of para-hydroxylation sites is 1. The van der Waals surface area contributed by atoms with E-state index in [1.165, 1.54) is 24.3 Å². The Labute approximate surface area is 184 Å². The topological polar surface area (TPSA) is 66.5 Å². The Hall–Kier alpha value is -3.17. The molecule has 3 aromatic carbocycles. The summed E-state index contributed by atoms with van der Waals surface area (Å²) in [6, 6.07) is 19.3. The Morgan fingerprint density at radius 2 is 1.50 bits per heavy atom. The molecule has 168 valence electrons. The van der Waals surface area contributed by atoms with E-state index in [1.807, 2.05) is 6.92 Å². The second kappa shape index (κ2) is 9.54. The zero-order chi connectivity index (χ0) is 23.4. The van der Waals surface area contributed by atoms with Crippen LogP contribution >= 0.6 is 0 Å². The predicted octanol–water partition coefficient (Wildman–Crippen LogP) is 4.84. The van der Waals surface area contributed by atoms with Gasteiger partial charge in [-0.25, -0.2) is 8.42 Å². The second-order valence-corrected chi connectivity index (χ2v) is 9.10. The van der Waals surface area contributed by atoms with Crippen LogP contribution < -0.4 is 5.32 Å². The summed E-state index contributed by atoms with van der Waals surface area (Å²) in [5, 5.41) is 2.20. The number of amides is 1. The molecule has 0 aliphatic heterocycles. The fourth-order valence-corrected chi connectivity index (χ4v) is 4.45. The lowest BCUT2D eigenvalue weighted by Crippen LogP contribution is -2.37. The molecule has 0 aliphatic rings. The van der Waals surface area contributed by atoms with E-state index >= 15 is 0 Å². The molecule has 0 spiro atoms. The number of hydrogen-bond donors (Lipinski definition) is 1. The summed E-state index contributed by atoms with van der Waals surface area (Å²) in [4.78, 5) is 12.6. The highest BCUT2D eigenvalue weighted by Crippen LogP contribution is 2.34. The van der Waals surface area contributed by atoms with Crippen molar-refractivity contribution < 1.29 is 26.4 Å². The number of nitrogens with one attached hydrogen (secondary N) is 1. The number of halogens is 3. The van der Waals surface area contributed by atoms with E-state index in [0.29, 0.717) is 5.56 Å². The number of alkyl halides is 3. The molecule has 0 saturated carbocycles. The molecule has 0 saturated heterocycles. The zero-order valence-corrected chi connectivity index (χ0v) is 18.0. The van der Waals surface area contributed by atoms with Crippen LogP contribution in [-0.4, -0.2) is 25.2 Å². The quantitative estimate of drug-likeness (QED) is 0.546. The van der Waals surface area contributed by atoms with Crippen molar-refractivity contribution in [3.8, 4) is 0 Å². The number of carbonyl (C=O) groups is 1. The van der Waals surface area contributed by atoms with Gasteiger partial charge < -0.3 is 5.32 Å². The lowest BCUT2D eigenvalue weighted by atomic mass is 10.1. The van der Waals surface area contributed by atoms with Crippen molar-refractivity contribution in [2.75, 3.05) is 11.9 Å². The van der Waals surface area contributed by atoms with Gasteiger partial charge in [-0.15, -0.1) is 0 Å². The first kappa shape index (κ1) is 23.5. The summed E-state index contributed by atoms with van der Waals surface area (Å²) in [5.41, 5.74) is 0.0495. The monoisotopic (exact) mass is 462 g/mol. The Kier molecular flexibility index (Phi) is 7.00. The van der Waals surface area contributed by atoms with Gasteiger partial charge in [0.25, 0.3) is 0 Å². The lowest BCUT2D eigenvalue weighted by Gasteiger charge is -2.22. The fraction of sp³-hybridized carbons (Fsp3) is 0.174. The number of hydrogen-bond acceptors (Lipinski definition) is 3. The first-order chi connectivity index (χ1) is 15.1. The average Bonchev–Trinajstić information content (AvgIpc) is 2.74. The third kappa shape index (κ3) is 5.74. The minimum absolute atomic E-state index is 0.0116. The Bertz CT molecular complexity index is 1180. The van der Waals surface area contributed by atoms with E-state index in [4.69, 9.17) is 0 Å². The Morgan fingerprint density at radius 1 is 0.906 bits per heavy atom. The minimum atomic E-state index is -4.67. The SMILES string of the molecule is Cc1ccc(S(=O)(=O)N(CC(=O)Nc2ccccc2C(F)(F)F)Cc2ccccc2)cc1. The molecule has 3 rings (SSSR count). The molecule has 5 nitrogen and oxygen atoms in total. The molecular weight excluding hydrogens is 441 g/mol. The number of carbonyl (C=O) groups excluding carboxylic acids is 1. The molecule has 3 aromatic rings. The van der Waals surface area contributed by atoms with Crippen LogP contribution in [-0.2, 0) is 27.5 Å². The van der Waals surface area contributed by atoms with Gasteiger partial charge in [-0.2, -0.15) is 17.5 Å². The maximum Gasteiger partial charge on any atom is 0.418 e. The second-order valence-electron chi connectivity index (χ2n) is 7.16. The van der Waals surface area contributed by atoms with Crippen molar-refractivity contribution in [3.63, 3.8) is 0 Å². The maximum absolute atomic E-state index is 13.2. The molecular formula is C23H21F3N2O3S. The van der Waals surface area contributed by atoms with Crippen molar-refractivity contribution in [1.29, 1.82) is 0 Å². The summed E-state index contributed by atoms with van der Waals surface area (Å²) < 4.78 is 67.1. The van der Waals surface area contributed by atoms with E-state index in [2.05, 4.69) is 5.32 Å². The van der Waals surface area contributed by atoms with Crippen molar-refractivity contribution in [3.05, 3.63) is 95.6 Å². The summed E-state index contributed by atoms with van der Waals surface area (Å²) in [7, 11) is -4.09. The van der Waals surface area contributed by atoms with Gasteiger partial charge in [0.2, 0.25) is 15.9 Å². The number of anilines is 1. The highest BCUT2D eigenvalue weighted by atomic mass is 32.2. The van der Waals surface area contributed by atoms with Crippen LogP contribution in [0.4, 0.5) is 18.9 Å². The average molecular weight is 462 g/mol.